The third-order valence-electron chi connectivity index (χ3n) is 3.44. The quantitative estimate of drug-likeness (QED) is 0.778. The molecule has 0 fully saturated rings. The first-order valence-electron chi connectivity index (χ1n) is 6.90. The van der Waals surface area contributed by atoms with Gasteiger partial charge in [-0.05, 0) is 31.4 Å². The van der Waals surface area contributed by atoms with Crippen molar-refractivity contribution in [1.29, 1.82) is 0 Å². The van der Waals surface area contributed by atoms with E-state index in [1.165, 1.54) is 0 Å². The number of rotatable bonds is 4. The maximum absolute atomic E-state index is 12.1. The molecule has 1 unspecified atom stereocenters. The molecule has 0 aliphatic carbocycles. The minimum absolute atomic E-state index is 0.0382. The summed E-state index contributed by atoms with van der Waals surface area (Å²) < 4.78 is 0. The summed E-state index contributed by atoms with van der Waals surface area (Å²) in [7, 11) is 0. The van der Waals surface area contributed by atoms with Crippen molar-refractivity contribution in [3.05, 3.63) is 62.3 Å². The Hall–Kier alpha value is -1.98. The van der Waals surface area contributed by atoms with Crippen LogP contribution in [-0.4, -0.2) is 9.97 Å². The fourth-order valence-electron chi connectivity index (χ4n) is 2.25. The van der Waals surface area contributed by atoms with Gasteiger partial charge in [-0.15, -0.1) is 11.3 Å². The van der Waals surface area contributed by atoms with Crippen LogP contribution in [0.4, 0.5) is 0 Å². The SMILES string of the molecule is Cc1csc(C(C)NCc2cc3ccccc3[nH]c2=O)n1. The van der Waals surface area contributed by atoms with E-state index >= 15 is 0 Å². The molecule has 0 aliphatic rings. The van der Waals surface area contributed by atoms with Gasteiger partial charge in [-0.25, -0.2) is 4.98 Å². The summed E-state index contributed by atoms with van der Waals surface area (Å²) in [6, 6.07) is 9.88. The fourth-order valence-corrected chi connectivity index (χ4v) is 3.07. The molecule has 108 valence electrons. The van der Waals surface area contributed by atoms with Crippen molar-refractivity contribution in [1.82, 2.24) is 15.3 Å². The molecule has 3 aromatic rings. The van der Waals surface area contributed by atoms with Gasteiger partial charge in [0.15, 0.2) is 0 Å². The van der Waals surface area contributed by atoms with Crippen LogP contribution in [0.25, 0.3) is 10.9 Å². The third kappa shape index (κ3) is 3.04. The number of hydrogen-bond acceptors (Lipinski definition) is 4. The molecule has 2 aromatic heterocycles. The standard InChI is InChI=1S/C16H17N3OS/c1-10-9-21-16(18-10)11(2)17-8-13-7-12-5-3-4-6-14(12)19-15(13)20/h3-7,9,11,17H,8H2,1-2H3,(H,19,20). The average molecular weight is 299 g/mol. The van der Waals surface area contributed by atoms with Crippen molar-refractivity contribution < 1.29 is 0 Å². The lowest BCUT2D eigenvalue weighted by Gasteiger charge is -2.11. The highest BCUT2D eigenvalue weighted by atomic mass is 32.1. The molecule has 1 atom stereocenters. The first-order valence-corrected chi connectivity index (χ1v) is 7.78. The minimum Gasteiger partial charge on any atom is -0.322 e. The Morgan fingerprint density at radius 2 is 2.19 bits per heavy atom. The molecule has 0 amide bonds. The molecule has 3 rings (SSSR count). The lowest BCUT2D eigenvalue weighted by Crippen LogP contribution is -2.23. The summed E-state index contributed by atoms with van der Waals surface area (Å²) in [4.78, 5) is 19.5. The number of aromatic amines is 1. The van der Waals surface area contributed by atoms with Gasteiger partial charge in [-0.1, -0.05) is 18.2 Å². The Labute approximate surface area is 126 Å². The summed E-state index contributed by atoms with van der Waals surface area (Å²) in [5, 5.41) is 7.49. The summed E-state index contributed by atoms with van der Waals surface area (Å²) in [5.41, 5.74) is 2.61. The second kappa shape index (κ2) is 5.79. The molecule has 0 radical (unpaired) electrons. The van der Waals surface area contributed by atoms with E-state index < -0.39 is 0 Å². The monoisotopic (exact) mass is 299 g/mol. The van der Waals surface area contributed by atoms with Crippen LogP contribution in [-0.2, 0) is 6.54 Å². The first-order chi connectivity index (χ1) is 10.1. The molecule has 4 nitrogen and oxygen atoms in total. The molecule has 5 heteroatoms. The molecular formula is C16H17N3OS. The highest BCUT2D eigenvalue weighted by Gasteiger charge is 2.10. The number of pyridine rings is 1. The van der Waals surface area contributed by atoms with E-state index in [0.717, 1.165) is 27.2 Å². The number of hydrogen-bond donors (Lipinski definition) is 2. The van der Waals surface area contributed by atoms with Gasteiger partial charge < -0.3 is 10.3 Å². The van der Waals surface area contributed by atoms with E-state index in [2.05, 4.69) is 22.2 Å². The smallest absolute Gasteiger partial charge is 0.252 e. The number of fused-ring (bicyclic) bond motifs is 1. The van der Waals surface area contributed by atoms with Gasteiger partial charge >= 0.3 is 0 Å². The van der Waals surface area contributed by atoms with Crippen LogP contribution in [0, 0.1) is 6.92 Å². The normalized spacial score (nSPS) is 12.7. The van der Waals surface area contributed by atoms with Crippen LogP contribution in [0.15, 0.2) is 40.5 Å². The predicted octanol–water partition coefficient (Wildman–Crippen LogP) is 3.14. The van der Waals surface area contributed by atoms with Crippen LogP contribution < -0.4 is 10.9 Å². The number of nitrogens with one attached hydrogen (secondary N) is 2. The lowest BCUT2D eigenvalue weighted by molar-refractivity contribution is 0.569. The molecule has 0 saturated heterocycles. The van der Waals surface area contributed by atoms with Gasteiger partial charge in [0.2, 0.25) is 0 Å². The Balaban J connectivity index is 1.78. The van der Waals surface area contributed by atoms with Crippen molar-refractivity contribution in [2.45, 2.75) is 26.4 Å². The summed E-state index contributed by atoms with van der Waals surface area (Å²) in [6.07, 6.45) is 0. The van der Waals surface area contributed by atoms with Crippen LogP contribution in [0.2, 0.25) is 0 Å². The van der Waals surface area contributed by atoms with E-state index in [1.807, 2.05) is 42.6 Å². The second-order valence-corrected chi connectivity index (χ2v) is 6.03. The van der Waals surface area contributed by atoms with E-state index in [-0.39, 0.29) is 11.6 Å². The number of para-hydroxylation sites is 1. The topological polar surface area (TPSA) is 57.8 Å². The zero-order valence-electron chi connectivity index (χ0n) is 12.0. The molecule has 21 heavy (non-hydrogen) atoms. The van der Waals surface area contributed by atoms with Crippen molar-refractivity contribution in [3.8, 4) is 0 Å². The molecule has 0 saturated carbocycles. The van der Waals surface area contributed by atoms with Crippen molar-refractivity contribution >= 4 is 22.2 Å². The van der Waals surface area contributed by atoms with Gasteiger partial charge in [-0.2, -0.15) is 0 Å². The Morgan fingerprint density at radius 1 is 1.38 bits per heavy atom. The van der Waals surface area contributed by atoms with Gasteiger partial charge in [0, 0.05) is 28.7 Å². The van der Waals surface area contributed by atoms with Crippen LogP contribution in [0.5, 0.6) is 0 Å². The van der Waals surface area contributed by atoms with Crippen LogP contribution in [0.1, 0.15) is 29.2 Å². The first kappa shape index (κ1) is 14.0. The minimum atomic E-state index is -0.0382. The maximum atomic E-state index is 12.1. The Kier molecular flexibility index (Phi) is 3.86. The summed E-state index contributed by atoms with van der Waals surface area (Å²) >= 11 is 1.64. The average Bonchev–Trinajstić information content (AvgIpc) is 2.91. The third-order valence-corrected chi connectivity index (χ3v) is 4.58. The Bertz CT molecular complexity index is 822. The molecule has 1 aromatic carbocycles. The van der Waals surface area contributed by atoms with Crippen molar-refractivity contribution in [2.75, 3.05) is 0 Å². The Morgan fingerprint density at radius 3 is 2.95 bits per heavy atom. The molecule has 2 heterocycles. The van der Waals surface area contributed by atoms with Gasteiger partial charge in [0.05, 0.1) is 6.04 Å². The van der Waals surface area contributed by atoms with E-state index in [1.54, 1.807) is 11.3 Å². The van der Waals surface area contributed by atoms with Crippen molar-refractivity contribution in [2.24, 2.45) is 0 Å². The predicted molar refractivity (Wildman–Crippen MR) is 86.7 cm³/mol. The highest BCUT2D eigenvalue weighted by molar-refractivity contribution is 7.09. The number of benzene rings is 1. The second-order valence-electron chi connectivity index (χ2n) is 5.14. The highest BCUT2D eigenvalue weighted by Crippen LogP contribution is 2.18. The number of aryl methyl sites for hydroxylation is 1. The molecule has 2 N–H and O–H groups in total. The number of nitrogens with zero attached hydrogens (tertiary/aromatic N) is 1. The van der Waals surface area contributed by atoms with Crippen LogP contribution >= 0.6 is 11.3 Å². The van der Waals surface area contributed by atoms with Gasteiger partial charge in [0.1, 0.15) is 5.01 Å². The van der Waals surface area contributed by atoms with E-state index in [4.69, 9.17) is 0 Å². The number of aromatic nitrogens is 2. The maximum Gasteiger partial charge on any atom is 0.252 e. The number of H-pyrrole nitrogens is 1. The van der Waals surface area contributed by atoms with Gasteiger partial charge in [-0.3, -0.25) is 4.79 Å². The zero-order valence-corrected chi connectivity index (χ0v) is 12.8. The van der Waals surface area contributed by atoms with E-state index in [0.29, 0.717) is 6.54 Å². The summed E-state index contributed by atoms with van der Waals surface area (Å²) in [6.45, 7) is 4.58. The van der Waals surface area contributed by atoms with E-state index in [9.17, 15) is 4.79 Å². The molecular weight excluding hydrogens is 282 g/mol. The summed E-state index contributed by atoms with van der Waals surface area (Å²) in [5.74, 6) is 0. The fraction of sp³-hybridized carbons (Fsp3) is 0.250. The number of thiazole rings is 1. The lowest BCUT2D eigenvalue weighted by atomic mass is 10.1. The molecule has 0 spiro atoms. The molecule has 0 aliphatic heterocycles. The molecule has 0 bridgehead atoms. The van der Waals surface area contributed by atoms with Crippen LogP contribution in [0.3, 0.4) is 0 Å². The zero-order chi connectivity index (χ0) is 14.8. The van der Waals surface area contributed by atoms with Crippen molar-refractivity contribution in [3.63, 3.8) is 0 Å². The van der Waals surface area contributed by atoms with Gasteiger partial charge in [0.25, 0.3) is 5.56 Å². The largest absolute Gasteiger partial charge is 0.322 e.